The van der Waals surface area contributed by atoms with Crippen molar-refractivity contribution in [3.05, 3.63) is 54.1 Å². The van der Waals surface area contributed by atoms with E-state index in [2.05, 4.69) is 0 Å². The zero-order valence-electron chi connectivity index (χ0n) is 12.6. The molecule has 0 atom stereocenters. The molecule has 0 amide bonds. The van der Waals surface area contributed by atoms with Gasteiger partial charge in [0.25, 0.3) is 0 Å². The van der Waals surface area contributed by atoms with Gasteiger partial charge in [-0.3, -0.25) is 4.79 Å². The molecule has 0 radical (unpaired) electrons. The zero-order chi connectivity index (χ0) is 15.5. The van der Waals surface area contributed by atoms with Gasteiger partial charge in [-0.25, -0.2) is 0 Å². The lowest BCUT2D eigenvalue weighted by atomic mass is 9.83. The molecule has 0 unspecified atom stereocenters. The van der Waals surface area contributed by atoms with E-state index in [9.17, 15) is 9.90 Å². The summed E-state index contributed by atoms with van der Waals surface area (Å²) in [6.07, 6.45) is 0. The molecule has 0 saturated carbocycles. The Morgan fingerprint density at radius 2 is 1.71 bits per heavy atom. The van der Waals surface area contributed by atoms with E-state index in [0.717, 1.165) is 22.4 Å². The molecule has 2 aromatic carbocycles. The van der Waals surface area contributed by atoms with Gasteiger partial charge >= 0.3 is 5.97 Å². The first-order valence-corrected chi connectivity index (χ1v) is 7.02. The standard InChI is InChI=1S/C18H20O3/c1-4-21-16-10-6-8-14(12-16)13-7-5-9-15(11-13)18(2,3)17(19)20/h5-12H,4H2,1-3H3,(H,19,20). The summed E-state index contributed by atoms with van der Waals surface area (Å²) in [6, 6.07) is 15.5. The van der Waals surface area contributed by atoms with Crippen LogP contribution in [0.15, 0.2) is 48.5 Å². The van der Waals surface area contributed by atoms with Gasteiger partial charge in [0.15, 0.2) is 0 Å². The topological polar surface area (TPSA) is 46.5 Å². The summed E-state index contributed by atoms with van der Waals surface area (Å²) in [4.78, 5) is 11.4. The van der Waals surface area contributed by atoms with Gasteiger partial charge in [0.1, 0.15) is 5.75 Å². The number of ether oxygens (including phenoxy) is 1. The number of carbonyl (C=O) groups is 1. The van der Waals surface area contributed by atoms with Crippen LogP contribution in [0.1, 0.15) is 26.3 Å². The predicted molar refractivity (Wildman–Crippen MR) is 83.7 cm³/mol. The van der Waals surface area contributed by atoms with Gasteiger partial charge < -0.3 is 9.84 Å². The molecule has 3 nitrogen and oxygen atoms in total. The lowest BCUT2D eigenvalue weighted by molar-refractivity contribution is -0.142. The summed E-state index contributed by atoms with van der Waals surface area (Å²) in [6.45, 7) is 5.99. The highest BCUT2D eigenvalue weighted by molar-refractivity contribution is 5.81. The largest absolute Gasteiger partial charge is 0.494 e. The Morgan fingerprint density at radius 1 is 1.10 bits per heavy atom. The number of hydrogen-bond acceptors (Lipinski definition) is 2. The van der Waals surface area contributed by atoms with Crippen LogP contribution in [-0.4, -0.2) is 17.7 Å². The molecule has 21 heavy (non-hydrogen) atoms. The third-order valence-electron chi connectivity index (χ3n) is 3.60. The van der Waals surface area contributed by atoms with Crippen LogP contribution in [0, 0.1) is 0 Å². The number of benzene rings is 2. The molecule has 0 aliphatic heterocycles. The molecule has 0 bridgehead atoms. The second-order valence-corrected chi connectivity index (χ2v) is 5.47. The van der Waals surface area contributed by atoms with E-state index in [0.29, 0.717) is 6.61 Å². The highest BCUT2D eigenvalue weighted by atomic mass is 16.5. The molecular formula is C18H20O3. The minimum Gasteiger partial charge on any atom is -0.494 e. The predicted octanol–water partition coefficient (Wildman–Crippen LogP) is 4.11. The van der Waals surface area contributed by atoms with E-state index < -0.39 is 11.4 Å². The zero-order valence-corrected chi connectivity index (χ0v) is 12.6. The van der Waals surface area contributed by atoms with Gasteiger partial charge in [0.05, 0.1) is 12.0 Å². The van der Waals surface area contributed by atoms with Crippen LogP contribution in [0.2, 0.25) is 0 Å². The molecular weight excluding hydrogens is 264 g/mol. The minimum absolute atomic E-state index is 0.621. The summed E-state index contributed by atoms with van der Waals surface area (Å²) < 4.78 is 5.51. The van der Waals surface area contributed by atoms with E-state index in [1.54, 1.807) is 13.8 Å². The first kappa shape index (κ1) is 15.1. The fourth-order valence-electron chi connectivity index (χ4n) is 2.14. The second-order valence-electron chi connectivity index (χ2n) is 5.47. The Morgan fingerprint density at radius 3 is 2.33 bits per heavy atom. The summed E-state index contributed by atoms with van der Waals surface area (Å²) in [5.41, 5.74) is 1.88. The van der Waals surface area contributed by atoms with Crippen molar-refractivity contribution in [1.29, 1.82) is 0 Å². The van der Waals surface area contributed by atoms with Gasteiger partial charge in [-0.2, -0.15) is 0 Å². The minimum atomic E-state index is -0.909. The highest BCUT2D eigenvalue weighted by Crippen LogP contribution is 2.29. The normalized spacial score (nSPS) is 11.2. The first-order valence-electron chi connectivity index (χ1n) is 7.02. The molecule has 110 valence electrons. The van der Waals surface area contributed by atoms with E-state index in [4.69, 9.17) is 4.74 Å². The fourth-order valence-corrected chi connectivity index (χ4v) is 2.14. The van der Waals surface area contributed by atoms with E-state index in [1.165, 1.54) is 0 Å². The van der Waals surface area contributed by atoms with Crippen molar-refractivity contribution in [1.82, 2.24) is 0 Å². The molecule has 0 saturated heterocycles. The monoisotopic (exact) mass is 284 g/mol. The fraction of sp³-hybridized carbons (Fsp3) is 0.278. The highest BCUT2D eigenvalue weighted by Gasteiger charge is 2.29. The molecule has 1 N–H and O–H groups in total. The van der Waals surface area contributed by atoms with Crippen LogP contribution in [0.5, 0.6) is 5.75 Å². The molecule has 0 aliphatic carbocycles. The van der Waals surface area contributed by atoms with Crippen LogP contribution >= 0.6 is 0 Å². The summed E-state index contributed by atoms with van der Waals surface area (Å²) >= 11 is 0. The lowest BCUT2D eigenvalue weighted by Crippen LogP contribution is -2.28. The van der Waals surface area contributed by atoms with Crippen molar-refractivity contribution in [3.63, 3.8) is 0 Å². The van der Waals surface area contributed by atoms with Crippen molar-refractivity contribution < 1.29 is 14.6 Å². The smallest absolute Gasteiger partial charge is 0.313 e. The number of rotatable bonds is 5. The maximum atomic E-state index is 11.4. The number of carboxylic acid groups (broad SMARTS) is 1. The molecule has 0 fully saturated rings. The molecule has 0 heterocycles. The van der Waals surface area contributed by atoms with Gasteiger partial charge in [-0.05, 0) is 49.6 Å². The third-order valence-corrected chi connectivity index (χ3v) is 3.60. The van der Waals surface area contributed by atoms with E-state index >= 15 is 0 Å². The van der Waals surface area contributed by atoms with Crippen LogP contribution in [-0.2, 0) is 10.2 Å². The van der Waals surface area contributed by atoms with Gasteiger partial charge in [-0.15, -0.1) is 0 Å². The molecule has 3 heteroatoms. The Hall–Kier alpha value is -2.29. The number of hydrogen-bond donors (Lipinski definition) is 1. The third kappa shape index (κ3) is 3.24. The first-order chi connectivity index (χ1) is 9.95. The molecule has 0 spiro atoms. The van der Waals surface area contributed by atoms with Crippen LogP contribution in [0.4, 0.5) is 0 Å². The number of carboxylic acids is 1. The Labute approximate surface area is 125 Å². The van der Waals surface area contributed by atoms with Crippen LogP contribution in [0.3, 0.4) is 0 Å². The average Bonchev–Trinajstić information content (AvgIpc) is 2.48. The van der Waals surface area contributed by atoms with Crippen LogP contribution in [0.25, 0.3) is 11.1 Å². The summed E-state index contributed by atoms with van der Waals surface area (Å²) in [5.74, 6) is -0.0133. The molecule has 0 aliphatic rings. The maximum absolute atomic E-state index is 11.4. The van der Waals surface area contributed by atoms with Gasteiger partial charge in [0, 0.05) is 0 Å². The van der Waals surface area contributed by atoms with Crippen molar-refractivity contribution in [2.75, 3.05) is 6.61 Å². The van der Waals surface area contributed by atoms with Crippen molar-refractivity contribution in [2.45, 2.75) is 26.2 Å². The number of aliphatic carboxylic acids is 1. The molecule has 2 rings (SSSR count). The van der Waals surface area contributed by atoms with Crippen LogP contribution < -0.4 is 4.74 Å². The Balaban J connectivity index is 2.42. The summed E-state index contributed by atoms with van der Waals surface area (Å²) in [5, 5.41) is 9.35. The quantitative estimate of drug-likeness (QED) is 0.898. The maximum Gasteiger partial charge on any atom is 0.313 e. The van der Waals surface area contributed by atoms with Crippen molar-refractivity contribution in [3.8, 4) is 16.9 Å². The van der Waals surface area contributed by atoms with E-state index in [-0.39, 0.29) is 0 Å². The second kappa shape index (κ2) is 6.00. The average molecular weight is 284 g/mol. The molecule has 0 aromatic heterocycles. The van der Waals surface area contributed by atoms with Gasteiger partial charge in [0.2, 0.25) is 0 Å². The van der Waals surface area contributed by atoms with Crippen molar-refractivity contribution >= 4 is 5.97 Å². The lowest BCUT2D eigenvalue weighted by Gasteiger charge is -2.20. The van der Waals surface area contributed by atoms with Gasteiger partial charge in [-0.1, -0.05) is 36.4 Å². The van der Waals surface area contributed by atoms with Crippen molar-refractivity contribution in [2.24, 2.45) is 0 Å². The Bertz CT molecular complexity index is 644. The molecule has 2 aromatic rings. The Kier molecular flexibility index (Phi) is 4.32. The van der Waals surface area contributed by atoms with E-state index in [1.807, 2.05) is 55.5 Å². The summed E-state index contributed by atoms with van der Waals surface area (Å²) in [7, 11) is 0. The SMILES string of the molecule is CCOc1cccc(-c2cccc(C(C)(C)C(=O)O)c2)c1.